The second-order valence-electron chi connectivity index (χ2n) is 2.56. The van der Waals surface area contributed by atoms with Crippen molar-refractivity contribution in [2.45, 2.75) is 25.7 Å². The van der Waals surface area contributed by atoms with E-state index in [1.54, 1.807) is 0 Å². The molecule has 0 spiro atoms. The van der Waals surface area contributed by atoms with E-state index >= 15 is 0 Å². The van der Waals surface area contributed by atoms with Crippen LogP contribution < -0.4 is 0 Å². The quantitative estimate of drug-likeness (QED) is 0.531. The summed E-state index contributed by atoms with van der Waals surface area (Å²) in [5.74, 6) is 0. The predicted molar refractivity (Wildman–Crippen MR) is 39.0 cm³/mol. The Morgan fingerprint density at radius 2 is 1.60 bits per heavy atom. The van der Waals surface area contributed by atoms with E-state index in [1.165, 1.54) is 17.1 Å². The standard InChI is InChI=1S/C6H13NO2S/c8-10(9)7-5-3-1-2-4-6-7/h1-6H2,(H,8,9)/p-1. The summed E-state index contributed by atoms with van der Waals surface area (Å²) < 4.78 is 22.4. The monoisotopic (exact) mass is 162 g/mol. The highest BCUT2D eigenvalue weighted by molar-refractivity contribution is 7.76. The van der Waals surface area contributed by atoms with Crippen molar-refractivity contribution in [3.05, 3.63) is 0 Å². The van der Waals surface area contributed by atoms with Crippen LogP contribution in [-0.4, -0.2) is 26.2 Å². The first-order valence-corrected chi connectivity index (χ1v) is 4.68. The molecule has 0 aliphatic carbocycles. The zero-order valence-electron chi connectivity index (χ0n) is 5.91. The van der Waals surface area contributed by atoms with Crippen LogP contribution in [0.25, 0.3) is 0 Å². The summed E-state index contributed by atoms with van der Waals surface area (Å²) >= 11 is -1.98. The highest BCUT2D eigenvalue weighted by Crippen LogP contribution is 2.09. The van der Waals surface area contributed by atoms with Crippen LogP contribution in [0.5, 0.6) is 0 Å². The van der Waals surface area contributed by atoms with E-state index in [-0.39, 0.29) is 0 Å². The van der Waals surface area contributed by atoms with Crippen molar-refractivity contribution in [2.24, 2.45) is 0 Å². The van der Waals surface area contributed by atoms with Gasteiger partial charge in [0.05, 0.1) is 0 Å². The van der Waals surface area contributed by atoms with Crippen LogP contribution >= 0.6 is 0 Å². The minimum atomic E-state index is -1.98. The van der Waals surface area contributed by atoms with Crippen LogP contribution in [-0.2, 0) is 11.3 Å². The molecule has 1 heterocycles. The third-order valence-electron chi connectivity index (χ3n) is 1.78. The van der Waals surface area contributed by atoms with E-state index in [9.17, 15) is 8.76 Å². The average molecular weight is 162 g/mol. The van der Waals surface area contributed by atoms with Crippen molar-refractivity contribution in [2.75, 3.05) is 13.1 Å². The van der Waals surface area contributed by atoms with E-state index in [1.807, 2.05) is 0 Å². The first-order chi connectivity index (χ1) is 4.80. The molecule has 1 aliphatic heterocycles. The minimum Gasteiger partial charge on any atom is -0.760 e. The van der Waals surface area contributed by atoms with Crippen molar-refractivity contribution in [3.8, 4) is 0 Å². The highest BCUT2D eigenvalue weighted by Gasteiger charge is 2.07. The molecule has 1 saturated heterocycles. The molecule has 1 unspecified atom stereocenters. The zero-order valence-corrected chi connectivity index (χ0v) is 6.73. The minimum absolute atomic E-state index is 0.718. The lowest BCUT2D eigenvalue weighted by Gasteiger charge is -2.21. The number of hydrogen-bond donors (Lipinski definition) is 0. The highest BCUT2D eigenvalue weighted by atomic mass is 32.2. The summed E-state index contributed by atoms with van der Waals surface area (Å²) in [4.78, 5) is 0. The van der Waals surface area contributed by atoms with Crippen LogP contribution in [0.4, 0.5) is 0 Å². The van der Waals surface area contributed by atoms with Gasteiger partial charge in [-0.05, 0) is 12.8 Å². The van der Waals surface area contributed by atoms with E-state index in [2.05, 4.69) is 0 Å². The molecule has 1 atom stereocenters. The lowest BCUT2D eigenvalue weighted by atomic mass is 10.2. The molecular weight excluding hydrogens is 150 g/mol. The molecule has 3 nitrogen and oxygen atoms in total. The molecule has 4 heteroatoms. The van der Waals surface area contributed by atoms with Crippen LogP contribution in [0.2, 0.25) is 0 Å². The largest absolute Gasteiger partial charge is 0.760 e. The van der Waals surface area contributed by atoms with Gasteiger partial charge in [0.2, 0.25) is 0 Å². The van der Waals surface area contributed by atoms with E-state index in [0.29, 0.717) is 0 Å². The smallest absolute Gasteiger partial charge is 0.0209 e. The van der Waals surface area contributed by atoms with Gasteiger partial charge in [-0.3, -0.25) is 4.21 Å². The van der Waals surface area contributed by atoms with Crippen molar-refractivity contribution in [1.29, 1.82) is 0 Å². The molecule has 1 rings (SSSR count). The molecule has 0 amide bonds. The van der Waals surface area contributed by atoms with Gasteiger partial charge in [0.15, 0.2) is 0 Å². The molecule has 1 aliphatic rings. The van der Waals surface area contributed by atoms with Gasteiger partial charge in [0.1, 0.15) is 0 Å². The molecule has 60 valence electrons. The predicted octanol–water partition coefficient (Wildman–Crippen LogP) is 0.657. The first kappa shape index (κ1) is 8.17. The molecule has 0 aromatic heterocycles. The van der Waals surface area contributed by atoms with Crippen molar-refractivity contribution < 1.29 is 8.76 Å². The Bertz CT molecular complexity index is 121. The van der Waals surface area contributed by atoms with Crippen LogP contribution in [0.3, 0.4) is 0 Å². The molecule has 0 bridgehead atoms. The molecular formula is C6H12NO2S-. The Balaban J connectivity index is 2.35. The van der Waals surface area contributed by atoms with Gasteiger partial charge >= 0.3 is 0 Å². The Morgan fingerprint density at radius 3 is 2.00 bits per heavy atom. The van der Waals surface area contributed by atoms with Crippen LogP contribution in [0, 0.1) is 0 Å². The molecule has 1 fully saturated rings. The van der Waals surface area contributed by atoms with Crippen LogP contribution in [0.15, 0.2) is 0 Å². The average Bonchev–Trinajstić information content (AvgIpc) is 2.12. The molecule has 0 saturated carbocycles. The lowest BCUT2D eigenvalue weighted by Crippen LogP contribution is -2.26. The maximum absolute atomic E-state index is 10.4. The Hall–Kier alpha value is 0.0700. The second kappa shape index (κ2) is 4.05. The summed E-state index contributed by atoms with van der Waals surface area (Å²) in [6.45, 7) is 1.44. The topological polar surface area (TPSA) is 43.4 Å². The van der Waals surface area contributed by atoms with Gasteiger partial charge in [0.25, 0.3) is 0 Å². The first-order valence-electron chi connectivity index (χ1n) is 3.65. The molecule has 0 aromatic carbocycles. The van der Waals surface area contributed by atoms with Gasteiger partial charge in [0, 0.05) is 24.4 Å². The van der Waals surface area contributed by atoms with Gasteiger partial charge in [-0.2, -0.15) is 0 Å². The fraction of sp³-hybridized carbons (Fsp3) is 1.00. The summed E-state index contributed by atoms with van der Waals surface area (Å²) in [7, 11) is 0. The summed E-state index contributed by atoms with van der Waals surface area (Å²) in [6.07, 6.45) is 4.39. The normalized spacial score (nSPS) is 25.7. The Morgan fingerprint density at radius 1 is 1.10 bits per heavy atom. The maximum atomic E-state index is 10.4. The summed E-state index contributed by atoms with van der Waals surface area (Å²) in [6, 6.07) is 0. The fourth-order valence-electron chi connectivity index (χ4n) is 1.19. The van der Waals surface area contributed by atoms with E-state index < -0.39 is 11.3 Å². The number of hydrogen-bond acceptors (Lipinski definition) is 2. The van der Waals surface area contributed by atoms with Crippen molar-refractivity contribution in [3.63, 3.8) is 0 Å². The number of rotatable bonds is 1. The van der Waals surface area contributed by atoms with E-state index in [0.717, 1.165) is 25.9 Å². The molecule has 0 N–H and O–H groups in total. The summed E-state index contributed by atoms with van der Waals surface area (Å²) in [5.41, 5.74) is 0. The molecule has 10 heavy (non-hydrogen) atoms. The summed E-state index contributed by atoms with van der Waals surface area (Å²) in [5, 5.41) is 0. The third-order valence-corrected chi connectivity index (χ3v) is 2.56. The van der Waals surface area contributed by atoms with E-state index in [4.69, 9.17) is 0 Å². The third kappa shape index (κ3) is 2.36. The van der Waals surface area contributed by atoms with Gasteiger partial charge < -0.3 is 4.55 Å². The van der Waals surface area contributed by atoms with Gasteiger partial charge in [-0.15, -0.1) is 0 Å². The zero-order chi connectivity index (χ0) is 7.40. The van der Waals surface area contributed by atoms with Crippen molar-refractivity contribution in [1.82, 2.24) is 4.31 Å². The Labute approximate surface area is 63.8 Å². The van der Waals surface area contributed by atoms with Crippen molar-refractivity contribution >= 4 is 11.3 Å². The van der Waals surface area contributed by atoms with Gasteiger partial charge in [-0.25, -0.2) is 4.31 Å². The second-order valence-corrected chi connectivity index (χ2v) is 3.51. The molecule has 0 aromatic rings. The SMILES string of the molecule is O=S([O-])N1CCCCCC1. The van der Waals surface area contributed by atoms with Gasteiger partial charge in [-0.1, -0.05) is 12.8 Å². The molecule has 0 radical (unpaired) electrons. The maximum Gasteiger partial charge on any atom is 0.0209 e. The fourth-order valence-corrected chi connectivity index (χ4v) is 1.75. The Kier molecular flexibility index (Phi) is 3.31. The number of nitrogens with zero attached hydrogens (tertiary/aromatic N) is 1. The van der Waals surface area contributed by atoms with Crippen LogP contribution in [0.1, 0.15) is 25.7 Å². The lowest BCUT2D eigenvalue weighted by molar-refractivity contribution is 0.397.